The van der Waals surface area contributed by atoms with Gasteiger partial charge >= 0.3 is 6.03 Å². The predicted molar refractivity (Wildman–Crippen MR) is 145 cm³/mol. The summed E-state index contributed by atoms with van der Waals surface area (Å²) >= 11 is 0. The largest absolute Gasteiger partial charge is 0.510 e. The zero-order valence-corrected chi connectivity index (χ0v) is 23.1. The zero-order chi connectivity index (χ0) is 29.8. The summed E-state index contributed by atoms with van der Waals surface area (Å²) in [6.07, 6.45) is -0.651. The number of likely N-dealkylation sites (N-methyl/N-ethyl adjacent to an activating group) is 1. The number of anilines is 1. The summed E-state index contributed by atoms with van der Waals surface area (Å²) < 4.78 is 0. The number of benzene rings is 1. The second-order valence-electron chi connectivity index (χ2n) is 11.4. The molecule has 6 unspecified atom stereocenters. The molecule has 1 aromatic rings. The van der Waals surface area contributed by atoms with Gasteiger partial charge in [0.1, 0.15) is 22.8 Å². The first kappa shape index (κ1) is 29.1. The number of nitrogens with zero attached hydrogens (tertiary/aromatic N) is 1. The Balaban J connectivity index is 1.80. The van der Waals surface area contributed by atoms with Crippen LogP contribution in [0.4, 0.5) is 10.5 Å². The maximum Gasteiger partial charge on any atom is 0.319 e. The molecule has 8 N–H and O–H groups in total. The van der Waals surface area contributed by atoms with Gasteiger partial charge in [0.05, 0.1) is 29.3 Å². The molecule has 12 nitrogen and oxygen atoms in total. The molecule has 0 spiro atoms. The molecule has 0 saturated heterocycles. The standard InChI is InChI=1S/C28H36N4O8/c1-10(2)8-9-30-28(40)31-13-7-6-12-11(3)14-17(23(35)15(12)21(13)33)24(36)18-16(22(14)34)20(32(4)5)26(38)19(25(18)37)27(29)39/h6-7,10-11,14,16,18,20,22,33-35,38H,8-9H2,1-5H3,(H2,29,39)(H2,30,31,40). The van der Waals surface area contributed by atoms with Crippen molar-refractivity contribution in [3.8, 4) is 5.75 Å². The van der Waals surface area contributed by atoms with Crippen molar-refractivity contribution in [3.63, 3.8) is 0 Å². The van der Waals surface area contributed by atoms with E-state index in [2.05, 4.69) is 10.6 Å². The van der Waals surface area contributed by atoms with Gasteiger partial charge in [-0.25, -0.2) is 4.79 Å². The average Bonchev–Trinajstić information content (AvgIpc) is 2.84. The van der Waals surface area contributed by atoms with E-state index in [1.54, 1.807) is 27.1 Å². The molecular formula is C28H36N4O8. The molecule has 3 aliphatic rings. The Kier molecular flexibility index (Phi) is 7.70. The third-order valence-corrected chi connectivity index (χ3v) is 8.25. The van der Waals surface area contributed by atoms with Crippen molar-refractivity contribution in [2.45, 2.75) is 45.3 Å². The lowest BCUT2D eigenvalue weighted by Gasteiger charge is -2.50. The molecule has 1 saturated carbocycles. The van der Waals surface area contributed by atoms with Gasteiger partial charge in [-0.05, 0) is 44.0 Å². The molecule has 3 amide bonds. The van der Waals surface area contributed by atoms with E-state index in [0.29, 0.717) is 18.0 Å². The highest BCUT2D eigenvalue weighted by Gasteiger charge is 2.60. The zero-order valence-electron chi connectivity index (χ0n) is 23.1. The number of ketones is 2. The number of rotatable bonds is 6. The van der Waals surface area contributed by atoms with Gasteiger partial charge in [0.2, 0.25) is 0 Å². The summed E-state index contributed by atoms with van der Waals surface area (Å²) in [5.41, 5.74) is 4.70. The molecule has 6 atom stereocenters. The Bertz CT molecular complexity index is 1350. The number of phenols is 1. The fourth-order valence-corrected chi connectivity index (χ4v) is 6.35. The number of amides is 3. The van der Waals surface area contributed by atoms with E-state index < -0.39 is 82.2 Å². The Morgan fingerprint density at radius 2 is 1.75 bits per heavy atom. The Hall–Kier alpha value is -3.90. The van der Waals surface area contributed by atoms with Crippen LogP contribution >= 0.6 is 0 Å². The maximum atomic E-state index is 13.9. The summed E-state index contributed by atoms with van der Waals surface area (Å²) in [5.74, 6) is -8.77. The lowest BCUT2D eigenvalue weighted by atomic mass is 9.56. The lowest BCUT2D eigenvalue weighted by Crippen LogP contribution is -2.61. The van der Waals surface area contributed by atoms with Crippen molar-refractivity contribution in [3.05, 3.63) is 40.2 Å². The quantitative estimate of drug-likeness (QED) is 0.154. The number of hydrogen-bond acceptors (Lipinski definition) is 9. The van der Waals surface area contributed by atoms with Crippen molar-refractivity contribution in [1.82, 2.24) is 10.2 Å². The first-order chi connectivity index (χ1) is 18.7. The van der Waals surface area contributed by atoms with Crippen LogP contribution in [-0.2, 0) is 14.4 Å². The molecule has 0 radical (unpaired) electrons. The van der Waals surface area contributed by atoms with Crippen molar-refractivity contribution >= 4 is 35.0 Å². The van der Waals surface area contributed by atoms with Crippen LogP contribution in [-0.4, -0.2) is 81.6 Å². The molecule has 0 bridgehead atoms. The van der Waals surface area contributed by atoms with Crippen LogP contribution in [0.15, 0.2) is 29.0 Å². The minimum absolute atomic E-state index is 0.00874. The van der Waals surface area contributed by atoms with Gasteiger partial charge in [-0.15, -0.1) is 0 Å². The number of phenolic OH excluding ortho intramolecular Hbond substituents is 1. The van der Waals surface area contributed by atoms with Crippen LogP contribution < -0.4 is 16.4 Å². The van der Waals surface area contributed by atoms with Gasteiger partial charge in [0.25, 0.3) is 5.91 Å². The number of aliphatic hydroxyl groups is 3. The first-order valence-corrected chi connectivity index (χ1v) is 13.2. The molecule has 0 aliphatic heterocycles. The molecule has 1 fully saturated rings. The van der Waals surface area contributed by atoms with Gasteiger partial charge in [-0.1, -0.05) is 26.8 Å². The minimum Gasteiger partial charge on any atom is -0.510 e. The number of urea groups is 1. The summed E-state index contributed by atoms with van der Waals surface area (Å²) in [7, 11) is 3.13. The maximum absolute atomic E-state index is 13.9. The number of Topliss-reactive ketones (excluding diaryl/α,β-unsaturated/α-hetero) is 2. The number of nitrogens with two attached hydrogens (primary N) is 1. The number of primary amides is 1. The summed E-state index contributed by atoms with van der Waals surface area (Å²) in [6, 6.07) is 1.41. The highest BCUT2D eigenvalue weighted by atomic mass is 16.3. The van der Waals surface area contributed by atoms with Crippen LogP contribution in [0.3, 0.4) is 0 Å². The van der Waals surface area contributed by atoms with Crippen molar-refractivity contribution in [2.24, 2.45) is 29.4 Å². The minimum atomic E-state index is -1.60. The van der Waals surface area contributed by atoms with E-state index in [1.807, 2.05) is 13.8 Å². The van der Waals surface area contributed by atoms with Gasteiger partial charge in [0.15, 0.2) is 11.6 Å². The first-order valence-electron chi connectivity index (χ1n) is 13.2. The Morgan fingerprint density at radius 1 is 1.10 bits per heavy atom. The van der Waals surface area contributed by atoms with E-state index in [0.717, 1.165) is 6.42 Å². The molecule has 0 heterocycles. The highest BCUT2D eigenvalue weighted by Crippen LogP contribution is 2.55. The van der Waals surface area contributed by atoms with Crippen LogP contribution in [0.1, 0.15) is 44.2 Å². The van der Waals surface area contributed by atoms with E-state index >= 15 is 0 Å². The number of nitrogens with one attached hydrogen (secondary N) is 2. The molecule has 4 rings (SSSR count). The Morgan fingerprint density at radius 3 is 2.33 bits per heavy atom. The summed E-state index contributed by atoms with van der Waals surface area (Å²) in [4.78, 5) is 53.2. The summed E-state index contributed by atoms with van der Waals surface area (Å²) in [6.45, 7) is 6.15. The monoisotopic (exact) mass is 556 g/mol. The number of carbonyl (C=O) groups is 4. The second kappa shape index (κ2) is 10.6. The van der Waals surface area contributed by atoms with Crippen LogP contribution in [0, 0.1) is 23.7 Å². The third-order valence-electron chi connectivity index (χ3n) is 8.25. The van der Waals surface area contributed by atoms with Crippen LogP contribution in [0.5, 0.6) is 5.75 Å². The molecule has 40 heavy (non-hydrogen) atoms. The van der Waals surface area contributed by atoms with Gasteiger partial charge in [-0.3, -0.25) is 19.3 Å². The normalized spacial score (nSPS) is 27.9. The number of fused-ring (bicyclic) bond motifs is 3. The van der Waals surface area contributed by atoms with E-state index in [-0.39, 0.29) is 16.8 Å². The van der Waals surface area contributed by atoms with Gasteiger partial charge < -0.3 is 36.8 Å². The second-order valence-corrected chi connectivity index (χ2v) is 11.4. The van der Waals surface area contributed by atoms with Crippen molar-refractivity contribution in [1.29, 1.82) is 0 Å². The fraction of sp³-hybridized carbons (Fsp3) is 0.500. The van der Waals surface area contributed by atoms with Gasteiger partial charge in [-0.2, -0.15) is 0 Å². The predicted octanol–water partition coefficient (Wildman–Crippen LogP) is 1.55. The number of aromatic hydroxyl groups is 1. The smallest absolute Gasteiger partial charge is 0.319 e. The van der Waals surface area contributed by atoms with Crippen molar-refractivity contribution < 1.29 is 39.6 Å². The SMILES string of the molecule is CC(C)CCNC(=O)Nc1ccc2c(c1O)C(O)=C1C(=O)C3C(=O)C(C(N)=O)=C(O)C(N(C)C)C3C(O)C1C2C. The molecule has 12 heteroatoms. The lowest BCUT2D eigenvalue weighted by molar-refractivity contribution is -0.143. The topological polar surface area (TPSA) is 203 Å². The fourth-order valence-electron chi connectivity index (χ4n) is 6.35. The number of hydrogen-bond donors (Lipinski definition) is 7. The van der Waals surface area contributed by atoms with Crippen molar-refractivity contribution in [2.75, 3.05) is 26.0 Å². The number of aliphatic hydroxyl groups excluding tert-OH is 3. The van der Waals surface area contributed by atoms with Gasteiger partial charge in [0, 0.05) is 24.0 Å². The van der Waals surface area contributed by atoms with E-state index in [9.17, 15) is 39.6 Å². The molecule has 3 aliphatic carbocycles. The number of carbonyl (C=O) groups excluding carboxylic acids is 4. The molecule has 0 aromatic heterocycles. The average molecular weight is 557 g/mol. The third kappa shape index (κ3) is 4.50. The van der Waals surface area contributed by atoms with E-state index in [1.165, 1.54) is 11.0 Å². The highest BCUT2D eigenvalue weighted by molar-refractivity contribution is 6.28. The molecular weight excluding hydrogens is 520 g/mol. The summed E-state index contributed by atoms with van der Waals surface area (Å²) in [5, 5.41) is 50.1. The molecule has 1 aromatic carbocycles. The van der Waals surface area contributed by atoms with E-state index in [4.69, 9.17) is 5.73 Å². The Labute approximate surface area is 231 Å². The van der Waals surface area contributed by atoms with Crippen LogP contribution in [0.2, 0.25) is 0 Å². The molecule has 216 valence electrons. The van der Waals surface area contributed by atoms with Crippen LogP contribution in [0.25, 0.3) is 5.76 Å².